The SMILES string of the molecule is CCCCCCC(C)(CCCC)c1cnc2c(c1)CCCCCCC2. The van der Waals surface area contributed by atoms with Gasteiger partial charge >= 0.3 is 0 Å². The summed E-state index contributed by atoms with van der Waals surface area (Å²) in [5, 5.41) is 0. The Hall–Kier alpha value is -0.850. The highest BCUT2D eigenvalue weighted by atomic mass is 14.7. The van der Waals surface area contributed by atoms with Gasteiger partial charge in [0.2, 0.25) is 0 Å². The molecule has 0 aromatic carbocycles. The smallest absolute Gasteiger partial charge is 0.0435 e. The molecule has 1 heteroatoms. The minimum atomic E-state index is 0.324. The van der Waals surface area contributed by atoms with E-state index >= 15 is 0 Å². The van der Waals surface area contributed by atoms with E-state index in [2.05, 4.69) is 33.0 Å². The van der Waals surface area contributed by atoms with Crippen molar-refractivity contribution >= 4 is 0 Å². The van der Waals surface area contributed by atoms with Gasteiger partial charge in [-0.15, -0.1) is 0 Å². The molecule has 0 N–H and O–H groups in total. The van der Waals surface area contributed by atoms with Crippen molar-refractivity contribution in [1.29, 1.82) is 0 Å². The third-order valence-electron chi connectivity index (χ3n) is 6.28. The molecule has 1 aromatic rings. The molecule has 1 heterocycles. The molecule has 25 heavy (non-hydrogen) atoms. The molecule has 0 fully saturated rings. The Morgan fingerprint density at radius 1 is 0.840 bits per heavy atom. The van der Waals surface area contributed by atoms with Crippen molar-refractivity contribution < 1.29 is 0 Å². The number of hydrogen-bond acceptors (Lipinski definition) is 1. The Balaban J connectivity index is 2.17. The van der Waals surface area contributed by atoms with Crippen LogP contribution in [-0.4, -0.2) is 4.98 Å². The van der Waals surface area contributed by atoms with Gasteiger partial charge in [0.15, 0.2) is 0 Å². The Bertz CT molecular complexity index is 493. The van der Waals surface area contributed by atoms with Gasteiger partial charge in [-0.1, -0.05) is 84.6 Å². The predicted octanol–water partition coefficient (Wildman–Crippen LogP) is 7.55. The van der Waals surface area contributed by atoms with Crippen molar-refractivity contribution in [2.24, 2.45) is 0 Å². The van der Waals surface area contributed by atoms with E-state index in [9.17, 15) is 0 Å². The third-order valence-corrected chi connectivity index (χ3v) is 6.28. The highest BCUT2D eigenvalue weighted by Gasteiger charge is 2.27. The quantitative estimate of drug-likeness (QED) is 0.422. The third kappa shape index (κ3) is 6.42. The lowest BCUT2D eigenvalue weighted by atomic mass is 9.74. The summed E-state index contributed by atoms with van der Waals surface area (Å²) in [7, 11) is 0. The number of unbranched alkanes of at least 4 members (excludes halogenated alkanes) is 4. The first-order valence-corrected chi connectivity index (χ1v) is 11.2. The maximum Gasteiger partial charge on any atom is 0.0435 e. The average Bonchev–Trinajstić information content (AvgIpc) is 2.75. The summed E-state index contributed by atoms with van der Waals surface area (Å²) in [5.74, 6) is 0. The minimum Gasteiger partial charge on any atom is -0.261 e. The Labute approximate surface area is 157 Å². The van der Waals surface area contributed by atoms with Gasteiger partial charge in [0.1, 0.15) is 0 Å². The van der Waals surface area contributed by atoms with Crippen LogP contribution in [0.25, 0.3) is 0 Å². The second-order valence-electron chi connectivity index (χ2n) is 8.57. The molecule has 0 bridgehead atoms. The molecule has 0 radical (unpaired) electrons. The molecule has 2 rings (SSSR count). The van der Waals surface area contributed by atoms with Gasteiger partial charge in [-0.25, -0.2) is 0 Å². The maximum absolute atomic E-state index is 4.98. The highest BCUT2D eigenvalue weighted by Crippen LogP contribution is 2.36. The van der Waals surface area contributed by atoms with Crippen LogP contribution in [0.15, 0.2) is 12.3 Å². The van der Waals surface area contributed by atoms with Crippen molar-refractivity contribution in [3.05, 3.63) is 29.1 Å². The lowest BCUT2D eigenvalue weighted by Gasteiger charge is -2.31. The standard InChI is InChI=1S/C24H41N/c1-4-6-8-14-18-24(3,17-7-5-2)22-19-21-15-12-10-9-11-13-16-23(21)25-20-22/h19-20H,4-18H2,1-3H3. The molecule has 1 aliphatic carbocycles. The number of aryl methyl sites for hydroxylation is 2. The number of nitrogens with zero attached hydrogens (tertiary/aromatic N) is 1. The molecule has 0 saturated carbocycles. The van der Waals surface area contributed by atoms with E-state index in [0.29, 0.717) is 5.41 Å². The predicted molar refractivity (Wildman–Crippen MR) is 110 cm³/mol. The topological polar surface area (TPSA) is 12.9 Å². The van der Waals surface area contributed by atoms with Crippen LogP contribution in [0.3, 0.4) is 0 Å². The van der Waals surface area contributed by atoms with Crippen LogP contribution in [0, 0.1) is 0 Å². The van der Waals surface area contributed by atoms with Gasteiger partial charge in [0, 0.05) is 11.9 Å². The zero-order chi connectivity index (χ0) is 18.0. The molecule has 1 aromatic heterocycles. The van der Waals surface area contributed by atoms with Crippen LogP contribution in [-0.2, 0) is 18.3 Å². The molecule has 1 nitrogen and oxygen atoms in total. The molecule has 0 spiro atoms. The van der Waals surface area contributed by atoms with Gasteiger partial charge < -0.3 is 0 Å². The molecule has 0 saturated heterocycles. The number of pyridine rings is 1. The second-order valence-corrected chi connectivity index (χ2v) is 8.57. The van der Waals surface area contributed by atoms with E-state index in [4.69, 9.17) is 4.98 Å². The molecular weight excluding hydrogens is 302 g/mol. The van der Waals surface area contributed by atoms with E-state index in [1.165, 1.54) is 108 Å². The van der Waals surface area contributed by atoms with Gasteiger partial charge in [-0.2, -0.15) is 0 Å². The molecule has 1 aliphatic rings. The Morgan fingerprint density at radius 2 is 1.52 bits per heavy atom. The van der Waals surface area contributed by atoms with Crippen molar-refractivity contribution in [2.75, 3.05) is 0 Å². The fourth-order valence-electron chi connectivity index (χ4n) is 4.37. The summed E-state index contributed by atoms with van der Waals surface area (Å²) in [6.45, 7) is 7.13. The summed E-state index contributed by atoms with van der Waals surface area (Å²) in [6, 6.07) is 2.56. The lowest BCUT2D eigenvalue weighted by Crippen LogP contribution is -2.23. The summed E-state index contributed by atoms with van der Waals surface area (Å²) in [5.41, 5.74) is 4.81. The Morgan fingerprint density at radius 3 is 2.28 bits per heavy atom. The fraction of sp³-hybridized carbons (Fsp3) is 0.792. The lowest BCUT2D eigenvalue weighted by molar-refractivity contribution is 0.367. The number of hydrogen-bond donors (Lipinski definition) is 0. The van der Waals surface area contributed by atoms with Gasteiger partial charge in [-0.05, 0) is 55.1 Å². The van der Waals surface area contributed by atoms with E-state index in [0.717, 1.165) is 0 Å². The van der Waals surface area contributed by atoms with Crippen LogP contribution in [0.5, 0.6) is 0 Å². The molecule has 1 unspecified atom stereocenters. The Kier molecular flexibility index (Phi) is 8.99. The summed E-state index contributed by atoms with van der Waals surface area (Å²) in [4.78, 5) is 4.98. The van der Waals surface area contributed by atoms with Crippen molar-refractivity contribution in [3.8, 4) is 0 Å². The first kappa shape index (κ1) is 20.5. The summed E-state index contributed by atoms with van der Waals surface area (Å²) in [6.07, 6.45) is 22.3. The summed E-state index contributed by atoms with van der Waals surface area (Å²) < 4.78 is 0. The van der Waals surface area contributed by atoms with E-state index in [-0.39, 0.29) is 0 Å². The van der Waals surface area contributed by atoms with Crippen LogP contribution in [0.4, 0.5) is 0 Å². The zero-order valence-corrected chi connectivity index (χ0v) is 17.2. The molecule has 1 atom stereocenters. The van der Waals surface area contributed by atoms with E-state index in [1.807, 2.05) is 0 Å². The maximum atomic E-state index is 4.98. The number of fused-ring (bicyclic) bond motifs is 1. The number of rotatable bonds is 9. The monoisotopic (exact) mass is 343 g/mol. The van der Waals surface area contributed by atoms with Gasteiger partial charge in [0.25, 0.3) is 0 Å². The fourth-order valence-corrected chi connectivity index (χ4v) is 4.37. The van der Waals surface area contributed by atoms with Crippen LogP contribution >= 0.6 is 0 Å². The van der Waals surface area contributed by atoms with E-state index in [1.54, 1.807) is 5.56 Å². The van der Waals surface area contributed by atoms with E-state index < -0.39 is 0 Å². The zero-order valence-electron chi connectivity index (χ0n) is 17.2. The largest absolute Gasteiger partial charge is 0.261 e. The molecular formula is C24H41N. The molecule has 142 valence electrons. The van der Waals surface area contributed by atoms with Crippen LogP contribution in [0.2, 0.25) is 0 Å². The minimum absolute atomic E-state index is 0.324. The van der Waals surface area contributed by atoms with Gasteiger partial charge in [0.05, 0.1) is 0 Å². The van der Waals surface area contributed by atoms with Crippen LogP contribution in [0.1, 0.15) is 121 Å². The van der Waals surface area contributed by atoms with Gasteiger partial charge in [-0.3, -0.25) is 4.98 Å². The highest BCUT2D eigenvalue weighted by molar-refractivity contribution is 5.31. The van der Waals surface area contributed by atoms with Crippen molar-refractivity contribution in [3.63, 3.8) is 0 Å². The first-order valence-electron chi connectivity index (χ1n) is 11.2. The average molecular weight is 344 g/mol. The normalized spacial score (nSPS) is 17.9. The first-order chi connectivity index (χ1) is 12.2. The molecule has 0 amide bonds. The van der Waals surface area contributed by atoms with Crippen molar-refractivity contribution in [2.45, 2.75) is 122 Å². The number of aromatic nitrogens is 1. The summed E-state index contributed by atoms with van der Waals surface area (Å²) >= 11 is 0. The molecule has 0 aliphatic heterocycles. The van der Waals surface area contributed by atoms with Crippen LogP contribution < -0.4 is 0 Å². The second kappa shape index (κ2) is 11.0. The van der Waals surface area contributed by atoms with Crippen molar-refractivity contribution in [1.82, 2.24) is 4.98 Å².